The zero-order valence-electron chi connectivity index (χ0n) is 19.6. The summed E-state index contributed by atoms with van der Waals surface area (Å²) in [6.45, 7) is 6.65. The molecule has 180 valence electrons. The first-order valence-corrected chi connectivity index (χ1v) is 12.1. The van der Waals surface area contributed by atoms with E-state index in [1.807, 2.05) is 0 Å². The Morgan fingerprint density at radius 2 is 1.14 bits per heavy atom. The third-order valence-electron chi connectivity index (χ3n) is 5.21. The Hall–Kier alpha value is -3.51. The van der Waals surface area contributed by atoms with Crippen LogP contribution in [0.3, 0.4) is 0 Å². The normalized spacial score (nSPS) is 11.1. The number of carboxylic acid groups (broad SMARTS) is 1. The first-order chi connectivity index (χ1) is 16.6. The summed E-state index contributed by atoms with van der Waals surface area (Å²) in [5.74, 6) is -1.49. The summed E-state index contributed by atoms with van der Waals surface area (Å²) >= 11 is 0. The maximum absolute atomic E-state index is 12.0. The first-order valence-electron chi connectivity index (χ1n) is 10.9. The Bertz CT molecular complexity index is 1210. The number of carbonyl (C=O) groups is 1. The Kier molecular flexibility index (Phi) is 8.41. The number of halogens is 3. The molecule has 4 aromatic rings. The van der Waals surface area contributed by atoms with Crippen LogP contribution in [0, 0.1) is 20.8 Å². The number of aryl methyl sites for hydroxylation is 3. The zero-order valence-corrected chi connectivity index (χ0v) is 20.4. The molecule has 0 aliphatic carbocycles. The van der Waals surface area contributed by atoms with Crippen molar-refractivity contribution in [3.05, 3.63) is 125 Å². The van der Waals surface area contributed by atoms with E-state index in [0.29, 0.717) is 12.1 Å². The predicted octanol–water partition coefficient (Wildman–Crippen LogP) is 6.78. The predicted molar refractivity (Wildman–Crippen MR) is 131 cm³/mol. The second kappa shape index (κ2) is 11.3. The van der Waals surface area contributed by atoms with Gasteiger partial charge < -0.3 is 9.90 Å². The highest BCUT2D eigenvalue weighted by Gasteiger charge is 2.32. The fourth-order valence-corrected chi connectivity index (χ4v) is 6.13. The number of aromatic carboxylic acids is 1. The summed E-state index contributed by atoms with van der Waals surface area (Å²) in [5, 5.41) is 10.2. The SMILES string of the molecule is Cc1cc(C)c([S+](c2ccccc2)c2ccccc2)c(C)c1.O=C([O-])c1ccc(C(F)(F)F)cc1. The molecule has 0 aliphatic heterocycles. The molecule has 0 fully saturated rings. The molecule has 0 N–H and O–H groups in total. The van der Waals surface area contributed by atoms with Gasteiger partial charge in [-0.1, -0.05) is 66.2 Å². The molecule has 0 bridgehead atoms. The number of carboxylic acids is 1. The first kappa shape index (κ1) is 26.1. The van der Waals surface area contributed by atoms with Gasteiger partial charge in [0.25, 0.3) is 0 Å². The number of alkyl halides is 3. The Morgan fingerprint density at radius 1 is 0.714 bits per heavy atom. The average molecular weight is 495 g/mol. The zero-order chi connectivity index (χ0) is 25.6. The van der Waals surface area contributed by atoms with E-state index in [9.17, 15) is 23.1 Å². The second-order valence-corrected chi connectivity index (χ2v) is 9.99. The number of hydrogen-bond donors (Lipinski definition) is 0. The maximum Gasteiger partial charge on any atom is 0.416 e. The van der Waals surface area contributed by atoms with Crippen molar-refractivity contribution in [2.45, 2.75) is 41.6 Å². The molecular weight excluding hydrogens is 469 g/mol. The van der Waals surface area contributed by atoms with Gasteiger partial charge in [0.1, 0.15) is 0 Å². The van der Waals surface area contributed by atoms with E-state index in [1.165, 1.54) is 31.4 Å². The highest BCUT2D eigenvalue weighted by molar-refractivity contribution is 7.97. The largest absolute Gasteiger partial charge is 0.545 e. The Morgan fingerprint density at radius 3 is 1.51 bits per heavy atom. The van der Waals surface area contributed by atoms with Gasteiger partial charge in [-0.25, -0.2) is 0 Å². The van der Waals surface area contributed by atoms with Crippen molar-refractivity contribution < 1.29 is 23.1 Å². The van der Waals surface area contributed by atoms with Crippen LogP contribution in [0.5, 0.6) is 0 Å². The summed E-state index contributed by atoms with van der Waals surface area (Å²) in [6, 6.07) is 29.4. The molecule has 0 atom stereocenters. The molecule has 0 unspecified atom stereocenters. The summed E-state index contributed by atoms with van der Waals surface area (Å²) in [6.07, 6.45) is -4.44. The monoisotopic (exact) mass is 494 g/mol. The van der Waals surface area contributed by atoms with E-state index in [2.05, 4.69) is 93.6 Å². The van der Waals surface area contributed by atoms with Crippen LogP contribution >= 0.6 is 0 Å². The van der Waals surface area contributed by atoms with Crippen molar-refractivity contribution >= 4 is 16.9 Å². The Labute approximate surface area is 206 Å². The van der Waals surface area contributed by atoms with Crippen LogP contribution in [0.2, 0.25) is 0 Å². The minimum Gasteiger partial charge on any atom is -0.545 e. The molecule has 0 heterocycles. The van der Waals surface area contributed by atoms with E-state index in [-0.39, 0.29) is 16.5 Å². The van der Waals surface area contributed by atoms with Gasteiger partial charge in [-0.15, -0.1) is 0 Å². The smallest absolute Gasteiger partial charge is 0.416 e. The van der Waals surface area contributed by atoms with Gasteiger partial charge in [-0.3, -0.25) is 0 Å². The van der Waals surface area contributed by atoms with Gasteiger partial charge in [-0.05, 0) is 62.7 Å². The standard InChI is InChI=1S/C21H21S.C8H5F3O2/c1-16-14-17(2)21(18(3)15-16)22(19-10-6-4-7-11-19)20-12-8-5-9-13-20;9-8(10,11)6-3-1-5(2-4-6)7(12)13/h4-15H,1-3H3;1-4H,(H,12,13)/q+1;/p-1. The van der Waals surface area contributed by atoms with Crippen molar-refractivity contribution in [1.82, 2.24) is 0 Å². The lowest BCUT2D eigenvalue weighted by Gasteiger charge is -2.13. The third-order valence-corrected chi connectivity index (χ3v) is 7.75. The van der Waals surface area contributed by atoms with Crippen LogP contribution in [-0.4, -0.2) is 5.97 Å². The molecule has 4 aromatic carbocycles. The third kappa shape index (κ3) is 6.76. The molecule has 4 rings (SSSR count). The highest BCUT2D eigenvalue weighted by Crippen LogP contribution is 2.35. The van der Waals surface area contributed by atoms with Crippen LogP contribution < -0.4 is 5.11 Å². The van der Waals surface area contributed by atoms with Crippen molar-refractivity contribution in [3.8, 4) is 0 Å². The quantitative estimate of drug-likeness (QED) is 0.294. The van der Waals surface area contributed by atoms with Crippen LogP contribution in [0.4, 0.5) is 13.2 Å². The second-order valence-electron chi connectivity index (χ2n) is 8.02. The number of carbonyl (C=O) groups excluding carboxylic acids is 1. The van der Waals surface area contributed by atoms with Crippen LogP contribution in [0.25, 0.3) is 0 Å². The van der Waals surface area contributed by atoms with Gasteiger partial charge >= 0.3 is 6.18 Å². The van der Waals surface area contributed by atoms with Gasteiger partial charge in [0.05, 0.1) is 22.4 Å². The molecule has 0 radical (unpaired) electrons. The molecule has 6 heteroatoms. The van der Waals surface area contributed by atoms with Crippen molar-refractivity contribution in [3.63, 3.8) is 0 Å². The van der Waals surface area contributed by atoms with Crippen molar-refractivity contribution in [2.75, 3.05) is 0 Å². The summed E-state index contributed by atoms with van der Waals surface area (Å²) in [7, 11) is -0.0460. The van der Waals surface area contributed by atoms with Crippen LogP contribution in [-0.2, 0) is 17.1 Å². The van der Waals surface area contributed by atoms with E-state index in [0.717, 1.165) is 12.1 Å². The molecular formula is C29H25F3O2S. The summed E-state index contributed by atoms with van der Waals surface area (Å²) < 4.78 is 35.9. The molecule has 0 saturated carbocycles. The van der Waals surface area contributed by atoms with E-state index < -0.39 is 17.7 Å². The summed E-state index contributed by atoms with van der Waals surface area (Å²) in [5.41, 5.74) is 2.95. The molecule has 0 spiro atoms. The summed E-state index contributed by atoms with van der Waals surface area (Å²) in [4.78, 5) is 14.4. The van der Waals surface area contributed by atoms with Gasteiger partial charge in [-0.2, -0.15) is 13.2 Å². The van der Waals surface area contributed by atoms with Gasteiger partial charge in [0.2, 0.25) is 0 Å². The van der Waals surface area contributed by atoms with E-state index >= 15 is 0 Å². The lowest BCUT2D eigenvalue weighted by molar-refractivity contribution is -0.255. The van der Waals surface area contributed by atoms with Crippen LogP contribution in [0.15, 0.2) is 112 Å². The fourth-order valence-electron chi connectivity index (χ4n) is 3.77. The number of rotatable bonds is 4. The molecule has 0 aromatic heterocycles. The highest BCUT2D eigenvalue weighted by atomic mass is 32.2. The average Bonchev–Trinajstić information content (AvgIpc) is 2.82. The molecule has 0 saturated heterocycles. The lowest BCUT2D eigenvalue weighted by atomic mass is 10.1. The Balaban J connectivity index is 0.000000225. The maximum atomic E-state index is 12.0. The topological polar surface area (TPSA) is 40.1 Å². The minimum atomic E-state index is -4.44. The molecule has 0 amide bonds. The van der Waals surface area contributed by atoms with Gasteiger partial charge in [0.15, 0.2) is 14.7 Å². The fraction of sp³-hybridized carbons (Fsp3) is 0.138. The number of hydrogen-bond acceptors (Lipinski definition) is 2. The molecule has 35 heavy (non-hydrogen) atoms. The molecule has 2 nitrogen and oxygen atoms in total. The van der Waals surface area contributed by atoms with Crippen molar-refractivity contribution in [2.24, 2.45) is 0 Å². The molecule has 0 aliphatic rings. The lowest BCUT2D eigenvalue weighted by Crippen LogP contribution is -2.22. The van der Waals surface area contributed by atoms with E-state index in [1.54, 1.807) is 0 Å². The van der Waals surface area contributed by atoms with E-state index in [4.69, 9.17) is 0 Å². The van der Waals surface area contributed by atoms with Crippen molar-refractivity contribution in [1.29, 1.82) is 0 Å². The number of benzene rings is 4. The van der Waals surface area contributed by atoms with Crippen LogP contribution in [0.1, 0.15) is 32.6 Å². The minimum absolute atomic E-state index is 0.0460. The van der Waals surface area contributed by atoms with Gasteiger partial charge in [0, 0.05) is 11.1 Å².